The van der Waals surface area contributed by atoms with Gasteiger partial charge in [-0.05, 0) is 41.4 Å². The summed E-state index contributed by atoms with van der Waals surface area (Å²) < 4.78 is 5.57. The maximum absolute atomic E-state index is 5.79. The van der Waals surface area contributed by atoms with Crippen molar-refractivity contribution in [3.63, 3.8) is 0 Å². The number of hydrogen-bond acceptors (Lipinski definition) is 3. The summed E-state index contributed by atoms with van der Waals surface area (Å²) in [5.74, 6) is 0.384. The van der Waals surface area contributed by atoms with Crippen LogP contribution in [0.4, 0.5) is 0 Å². The predicted molar refractivity (Wildman–Crippen MR) is 88.7 cm³/mol. The Balaban J connectivity index is 1.81. The highest BCUT2D eigenvalue weighted by atomic mass is 16.3. The van der Waals surface area contributed by atoms with Crippen molar-refractivity contribution in [1.29, 1.82) is 0 Å². The van der Waals surface area contributed by atoms with Crippen LogP contribution >= 0.6 is 0 Å². The monoisotopic (exact) mass is 292 g/mol. The molecular formula is C19H20N2O. The van der Waals surface area contributed by atoms with E-state index in [2.05, 4.69) is 48.3 Å². The number of nitrogens with zero attached hydrogens (tertiary/aromatic N) is 1. The molecule has 0 bridgehead atoms. The van der Waals surface area contributed by atoms with E-state index in [0.29, 0.717) is 12.5 Å². The third-order valence-electron chi connectivity index (χ3n) is 4.64. The van der Waals surface area contributed by atoms with Gasteiger partial charge in [0.15, 0.2) is 0 Å². The van der Waals surface area contributed by atoms with Crippen molar-refractivity contribution >= 4 is 11.0 Å². The van der Waals surface area contributed by atoms with Crippen molar-refractivity contribution in [3.05, 3.63) is 71.0 Å². The van der Waals surface area contributed by atoms with Crippen molar-refractivity contribution in [1.82, 2.24) is 4.90 Å². The minimum absolute atomic E-state index is 0.384. The Morgan fingerprint density at radius 2 is 2.09 bits per heavy atom. The molecule has 3 aromatic rings. The predicted octanol–water partition coefficient (Wildman–Crippen LogP) is 3.47. The fourth-order valence-electron chi connectivity index (χ4n) is 3.50. The van der Waals surface area contributed by atoms with E-state index in [-0.39, 0.29) is 0 Å². The van der Waals surface area contributed by atoms with Crippen LogP contribution in [0.3, 0.4) is 0 Å². The van der Waals surface area contributed by atoms with Crippen LogP contribution in [-0.4, -0.2) is 18.5 Å². The van der Waals surface area contributed by atoms with Gasteiger partial charge < -0.3 is 15.1 Å². The SMILES string of the molecule is CN1Cc2cc(CN)ccc2C(c2ccc3ccoc3c2)C1. The second kappa shape index (κ2) is 5.27. The Kier molecular flexibility index (Phi) is 3.25. The Labute approximate surface area is 130 Å². The van der Waals surface area contributed by atoms with Crippen LogP contribution in [0.1, 0.15) is 28.2 Å². The Bertz CT molecular complexity index is 821. The van der Waals surface area contributed by atoms with Gasteiger partial charge in [-0.1, -0.05) is 30.3 Å². The van der Waals surface area contributed by atoms with E-state index in [1.165, 1.54) is 22.3 Å². The lowest BCUT2D eigenvalue weighted by Crippen LogP contribution is -2.31. The molecule has 0 saturated heterocycles. The molecule has 0 radical (unpaired) electrons. The van der Waals surface area contributed by atoms with Crippen LogP contribution in [0.5, 0.6) is 0 Å². The highest BCUT2D eigenvalue weighted by Crippen LogP contribution is 2.34. The van der Waals surface area contributed by atoms with E-state index in [9.17, 15) is 0 Å². The van der Waals surface area contributed by atoms with Gasteiger partial charge >= 0.3 is 0 Å². The van der Waals surface area contributed by atoms with E-state index >= 15 is 0 Å². The van der Waals surface area contributed by atoms with Crippen molar-refractivity contribution in [3.8, 4) is 0 Å². The van der Waals surface area contributed by atoms with Gasteiger partial charge in [0.2, 0.25) is 0 Å². The van der Waals surface area contributed by atoms with Crippen LogP contribution in [0, 0.1) is 0 Å². The molecule has 2 N–H and O–H groups in total. The number of nitrogens with two attached hydrogens (primary N) is 1. The molecule has 1 atom stereocenters. The first-order chi connectivity index (χ1) is 10.7. The van der Waals surface area contributed by atoms with Crippen molar-refractivity contribution in [2.75, 3.05) is 13.6 Å². The molecule has 0 spiro atoms. The molecule has 3 nitrogen and oxygen atoms in total. The second-order valence-corrected chi connectivity index (χ2v) is 6.20. The molecule has 1 aliphatic heterocycles. The maximum Gasteiger partial charge on any atom is 0.134 e. The summed E-state index contributed by atoms with van der Waals surface area (Å²) in [4.78, 5) is 2.37. The normalized spacial score (nSPS) is 18.5. The third-order valence-corrected chi connectivity index (χ3v) is 4.64. The highest BCUT2D eigenvalue weighted by molar-refractivity contribution is 5.78. The highest BCUT2D eigenvalue weighted by Gasteiger charge is 2.25. The standard InChI is InChI=1S/C19H20N2O/c1-21-11-16-8-13(10-20)2-5-17(16)18(12-21)15-4-3-14-6-7-22-19(14)9-15/h2-9,18H,10-12,20H2,1H3. The maximum atomic E-state index is 5.79. The summed E-state index contributed by atoms with van der Waals surface area (Å²) in [6, 6.07) is 15.2. The smallest absolute Gasteiger partial charge is 0.134 e. The quantitative estimate of drug-likeness (QED) is 0.786. The Morgan fingerprint density at radius 1 is 1.18 bits per heavy atom. The number of rotatable bonds is 2. The Morgan fingerprint density at radius 3 is 2.95 bits per heavy atom. The number of hydrogen-bond donors (Lipinski definition) is 1. The Hall–Kier alpha value is -2.10. The zero-order chi connectivity index (χ0) is 15.1. The van der Waals surface area contributed by atoms with Gasteiger partial charge in [-0.25, -0.2) is 0 Å². The minimum atomic E-state index is 0.384. The van der Waals surface area contributed by atoms with Crippen molar-refractivity contribution < 1.29 is 4.42 Å². The molecule has 4 rings (SSSR count). The number of likely N-dealkylation sites (N-methyl/N-ethyl adjacent to an activating group) is 1. The number of fused-ring (bicyclic) bond motifs is 2. The van der Waals surface area contributed by atoms with Crippen LogP contribution in [-0.2, 0) is 13.1 Å². The third kappa shape index (κ3) is 2.23. The van der Waals surface area contributed by atoms with E-state index in [0.717, 1.165) is 24.1 Å². The van der Waals surface area contributed by atoms with Crippen LogP contribution in [0.15, 0.2) is 53.1 Å². The zero-order valence-corrected chi connectivity index (χ0v) is 12.8. The fourth-order valence-corrected chi connectivity index (χ4v) is 3.50. The van der Waals surface area contributed by atoms with Gasteiger partial charge in [-0.3, -0.25) is 0 Å². The van der Waals surface area contributed by atoms with Gasteiger partial charge in [0.1, 0.15) is 5.58 Å². The molecule has 0 saturated carbocycles. The summed E-state index contributed by atoms with van der Waals surface area (Å²) in [7, 11) is 2.18. The van der Waals surface area contributed by atoms with Crippen molar-refractivity contribution in [2.45, 2.75) is 19.0 Å². The molecule has 1 unspecified atom stereocenters. The molecule has 1 aromatic heterocycles. The van der Waals surface area contributed by atoms with Crippen LogP contribution in [0.25, 0.3) is 11.0 Å². The van der Waals surface area contributed by atoms with E-state index < -0.39 is 0 Å². The lowest BCUT2D eigenvalue weighted by atomic mass is 9.84. The summed E-state index contributed by atoms with van der Waals surface area (Å²) in [6.07, 6.45) is 1.75. The van der Waals surface area contributed by atoms with Gasteiger partial charge in [0.25, 0.3) is 0 Å². The molecule has 2 aromatic carbocycles. The fraction of sp³-hybridized carbons (Fsp3) is 0.263. The summed E-state index contributed by atoms with van der Waals surface area (Å²) in [5, 5.41) is 1.16. The average Bonchev–Trinajstić information content (AvgIpc) is 3.00. The number of benzene rings is 2. The largest absolute Gasteiger partial charge is 0.464 e. The first kappa shape index (κ1) is 13.6. The van der Waals surface area contributed by atoms with Crippen molar-refractivity contribution in [2.24, 2.45) is 5.73 Å². The summed E-state index contributed by atoms with van der Waals surface area (Å²) in [5.41, 5.74) is 12.1. The lowest BCUT2D eigenvalue weighted by Gasteiger charge is -2.33. The summed E-state index contributed by atoms with van der Waals surface area (Å²) in [6.45, 7) is 2.61. The molecule has 1 aliphatic rings. The number of furan rings is 1. The van der Waals surface area contributed by atoms with E-state index in [1.54, 1.807) is 6.26 Å². The van der Waals surface area contributed by atoms with Crippen LogP contribution < -0.4 is 5.73 Å². The van der Waals surface area contributed by atoms with Gasteiger partial charge in [0.05, 0.1) is 6.26 Å². The molecule has 0 amide bonds. The summed E-state index contributed by atoms with van der Waals surface area (Å²) >= 11 is 0. The first-order valence-electron chi connectivity index (χ1n) is 7.72. The zero-order valence-electron chi connectivity index (χ0n) is 12.8. The topological polar surface area (TPSA) is 42.4 Å². The van der Waals surface area contributed by atoms with Crippen LogP contribution in [0.2, 0.25) is 0 Å². The van der Waals surface area contributed by atoms with Gasteiger partial charge in [0, 0.05) is 30.9 Å². The molecule has 112 valence electrons. The molecule has 0 fully saturated rings. The molecule has 22 heavy (non-hydrogen) atoms. The van der Waals surface area contributed by atoms with E-state index in [1.807, 2.05) is 6.07 Å². The minimum Gasteiger partial charge on any atom is -0.464 e. The van der Waals surface area contributed by atoms with E-state index in [4.69, 9.17) is 10.2 Å². The molecular weight excluding hydrogens is 272 g/mol. The second-order valence-electron chi connectivity index (χ2n) is 6.20. The van der Waals surface area contributed by atoms with Gasteiger partial charge in [-0.2, -0.15) is 0 Å². The molecule has 2 heterocycles. The average molecular weight is 292 g/mol. The molecule has 0 aliphatic carbocycles. The first-order valence-corrected chi connectivity index (χ1v) is 7.72. The lowest BCUT2D eigenvalue weighted by molar-refractivity contribution is 0.295. The van der Waals surface area contributed by atoms with Gasteiger partial charge in [-0.15, -0.1) is 0 Å². The molecule has 3 heteroatoms.